The molecule has 0 aromatic carbocycles. The third kappa shape index (κ3) is 3.43. The number of nitrogens with zero attached hydrogens (tertiary/aromatic N) is 2. The van der Waals surface area contributed by atoms with Crippen molar-refractivity contribution < 1.29 is 9.13 Å². The maximum atomic E-state index is 12.8. The molecule has 0 aliphatic carbocycles. The fraction of sp³-hybridized carbons (Fsp3) is 0.545. The number of pyridine rings is 1. The lowest BCUT2D eigenvalue weighted by Gasteiger charge is -2.26. The number of morpholine rings is 1. The van der Waals surface area contributed by atoms with Crippen LogP contribution in [-0.2, 0) is 4.74 Å². The third-order valence-corrected chi connectivity index (χ3v) is 2.59. The summed E-state index contributed by atoms with van der Waals surface area (Å²) in [5, 5.41) is 3.17. The van der Waals surface area contributed by atoms with Crippen molar-refractivity contribution in [1.29, 1.82) is 0 Å². The van der Waals surface area contributed by atoms with Gasteiger partial charge in [-0.05, 0) is 6.07 Å². The minimum atomic E-state index is -0.448. The summed E-state index contributed by atoms with van der Waals surface area (Å²) < 4.78 is 18.0. The second-order valence-electron chi connectivity index (χ2n) is 3.75. The fourth-order valence-corrected chi connectivity index (χ4v) is 1.70. The van der Waals surface area contributed by atoms with Gasteiger partial charge in [-0.15, -0.1) is 0 Å². The van der Waals surface area contributed by atoms with Gasteiger partial charge in [0.25, 0.3) is 0 Å². The van der Waals surface area contributed by atoms with Crippen molar-refractivity contribution in [2.75, 3.05) is 44.7 Å². The van der Waals surface area contributed by atoms with E-state index in [0.717, 1.165) is 45.1 Å². The highest BCUT2D eigenvalue weighted by Crippen LogP contribution is 2.06. The Labute approximate surface area is 94.4 Å². The molecule has 0 spiro atoms. The lowest BCUT2D eigenvalue weighted by Crippen LogP contribution is -2.39. The number of hydrogen-bond donors (Lipinski definition) is 1. The molecule has 1 aromatic rings. The van der Waals surface area contributed by atoms with Crippen LogP contribution in [0.1, 0.15) is 0 Å². The molecule has 1 saturated heterocycles. The number of rotatable bonds is 4. The smallest absolute Gasteiger partial charge is 0.214 e. The van der Waals surface area contributed by atoms with Crippen molar-refractivity contribution in [1.82, 2.24) is 9.88 Å². The van der Waals surface area contributed by atoms with Gasteiger partial charge in [-0.25, -0.2) is 4.98 Å². The van der Waals surface area contributed by atoms with Gasteiger partial charge >= 0.3 is 0 Å². The van der Waals surface area contributed by atoms with E-state index in [4.69, 9.17) is 4.74 Å². The van der Waals surface area contributed by atoms with E-state index in [1.807, 2.05) is 0 Å². The first-order valence-corrected chi connectivity index (χ1v) is 5.50. The molecule has 0 amide bonds. The minimum absolute atomic E-state index is 0.448. The summed E-state index contributed by atoms with van der Waals surface area (Å²) in [6, 6.07) is 3.17. The maximum Gasteiger partial charge on any atom is 0.214 e. The van der Waals surface area contributed by atoms with Crippen LogP contribution in [0.3, 0.4) is 0 Å². The van der Waals surface area contributed by atoms with E-state index in [9.17, 15) is 4.39 Å². The van der Waals surface area contributed by atoms with Gasteiger partial charge in [-0.1, -0.05) is 0 Å². The predicted molar refractivity (Wildman–Crippen MR) is 59.9 cm³/mol. The second-order valence-corrected chi connectivity index (χ2v) is 3.75. The molecular weight excluding hydrogens is 209 g/mol. The van der Waals surface area contributed by atoms with Gasteiger partial charge in [0.15, 0.2) is 0 Å². The van der Waals surface area contributed by atoms with Crippen molar-refractivity contribution in [3.8, 4) is 0 Å². The van der Waals surface area contributed by atoms with Crippen LogP contribution < -0.4 is 5.32 Å². The summed E-state index contributed by atoms with van der Waals surface area (Å²) in [4.78, 5) is 5.83. The van der Waals surface area contributed by atoms with Gasteiger partial charge < -0.3 is 10.1 Å². The van der Waals surface area contributed by atoms with E-state index < -0.39 is 5.95 Å². The quantitative estimate of drug-likeness (QED) is 0.775. The summed E-state index contributed by atoms with van der Waals surface area (Å²) in [6.45, 7) is 5.34. The molecule has 2 rings (SSSR count). The Morgan fingerprint density at radius 1 is 1.44 bits per heavy atom. The van der Waals surface area contributed by atoms with Crippen LogP contribution in [0.15, 0.2) is 18.3 Å². The zero-order chi connectivity index (χ0) is 11.2. The van der Waals surface area contributed by atoms with Crippen molar-refractivity contribution in [2.45, 2.75) is 0 Å². The van der Waals surface area contributed by atoms with Crippen molar-refractivity contribution in [3.05, 3.63) is 24.3 Å². The maximum absolute atomic E-state index is 12.8. The zero-order valence-electron chi connectivity index (χ0n) is 9.16. The molecule has 0 radical (unpaired) electrons. The second kappa shape index (κ2) is 5.77. The van der Waals surface area contributed by atoms with E-state index >= 15 is 0 Å². The lowest BCUT2D eigenvalue weighted by molar-refractivity contribution is 0.0398. The molecule has 1 N–H and O–H groups in total. The third-order valence-electron chi connectivity index (χ3n) is 2.59. The Kier molecular flexibility index (Phi) is 4.07. The van der Waals surface area contributed by atoms with Crippen LogP contribution in [0.4, 0.5) is 10.1 Å². The molecule has 0 unspecified atom stereocenters. The highest BCUT2D eigenvalue weighted by molar-refractivity contribution is 5.40. The molecule has 1 aliphatic rings. The van der Waals surface area contributed by atoms with Crippen molar-refractivity contribution in [3.63, 3.8) is 0 Å². The molecule has 16 heavy (non-hydrogen) atoms. The molecule has 88 valence electrons. The Morgan fingerprint density at radius 2 is 2.25 bits per heavy atom. The molecule has 0 bridgehead atoms. The van der Waals surface area contributed by atoms with E-state index in [0.29, 0.717) is 0 Å². The number of aromatic nitrogens is 1. The average molecular weight is 225 g/mol. The topological polar surface area (TPSA) is 37.4 Å². The molecule has 2 heterocycles. The number of anilines is 1. The Morgan fingerprint density at radius 3 is 3.00 bits per heavy atom. The Balaban J connectivity index is 1.71. The van der Waals surface area contributed by atoms with Gasteiger partial charge in [0.2, 0.25) is 5.95 Å². The monoisotopic (exact) mass is 225 g/mol. The number of ether oxygens (including phenoxy) is 1. The molecule has 1 aromatic heterocycles. The van der Waals surface area contributed by atoms with E-state index in [2.05, 4.69) is 15.2 Å². The average Bonchev–Trinajstić information content (AvgIpc) is 2.30. The highest BCUT2D eigenvalue weighted by atomic mass is 19.1. The first kappa shape index (κ1) is 11.3. The molecule has 1 fully saturated rings. The van der Waals surface area contributed by atoms with Crippen LogP contribution in [0.5, 0.6) is 0 Å². The fourth-order valence-electron chi connectivity index (χ4n) is 1.70. The largest absolute Gasteiger partial charge is 0.384 e. The molecule has 5 heteroatoms. The van der Waals surface area contributed by atoms with Gasteiger partial charge in [0, 0.05) is 44.1 Å². The summed E-state index contributed by atoms with van der Waals surface area (Å²) in [6.07, 6.45) is 1.46. The Hall–Kier alpha value is -1.20. The summed E-state index contributed by atoms with van der Waals surface area (Å²) in [7, 11) is 0. The van der Waals surface area contributed by atoms with Gasteiger partial charge in [-0.2, -0.15) is 4.39 Å². The van der Waals surface area contributed by atoms with Gasteiger partial charge in [0.1, 0.15) is 0 Å². The number of hydrogen-bond acceptors (Lipinski definition) is 4. The van der Waals surface area contributed by atoms with E-state index in [1.54, 1.807) is 6.07 Å². The zero-order valence-corrected chi connectivity index (χ0v) is 9.16. The molecule has 1 aliphatic heterocycles. The van der Waals surface area contributed by atoms with Crippen LogP contribution in [0, 0.1) is 5.95 Å². The Bertz CT molecular complexity index is 329. The highest BCUT2D eigenvalue weighted by Gasteiger charge is 2.08. The van der Waals surface area contributed by atoms with Gasteiger partial charge in [0.05, 0.1) is 13.2 Å². The predicted octanol–water partition coefficient (Wildman–Crippen LogP) is 0.965. The van der Waals surface area contributed by atoms with Gasteiger partial charge in [-0.3, -0.25) is 4.90 Å². The standard InChI is InChI=1S/C11H16FN3O/c12-11-9-10(1-2-14-11)13-3-4-15-5-7-16-8-6-15/h1-2,9H,3-8H2,(H,13,14). The first-order valence-electron chi connectivity index (χ1n) is 5.50. The van der Waals surface area contributed by atoms with Crippen LogP contribution in [-0.4, -0.2) is 49.3 Å². The molecular formula is C11H16FN3O. The van der Waals surface area contributed by atoms with E-state index in [1.165, 1.54) is 12.3 Å². The van der Waals surface area contributed by atoms with Crippen LogP contribution in [0.2, 0.25) is 0 Å². The molecule has 0 saturated carbocycles. The minimum Gasteiger partial charge on any atom is -0.384 e. The van der Waals surface area contributed by atoms with Crippen molar-refractivity contribution >= 4 is 5.69 Å². The molecule has 4 nitrogen and oxygen atoms in total. The van der Waals surface area contributed by atoms with E-state index in [-0.39, 0.29) is 0 Å². The van der Waals surface area contributed by atoms with Crippen LogP contribution >= 0.6 is 0 Å². The van der Waals surface area contributed by atoms with Crippen molar-refractivity contribution in [2.24, 2.45) is 0 Å². The molecule has 0 atom stereocenters. The summed E-state index contributed by atoms with van der Waals surface area (Å²) in [5.74, 6) is -0.448. The summed E-state index contributed by atoms with van der Waals surface area (Å²) in [5.41, 5.74) is 0.778. The lowest BCUT2D eigenvalue weighted by atomic mass is 10.3. The number of halogens is 1. The normalized spacial score (nSPS) is 17.3. The SMILES string of the molecule is Fc1cc(NCCN2CCOCC2)ccn1. The first-order chi connectivity index (χ1) is 7.84. The van der Waals surface area contributed by atoms with Crippen LogP contribution in [0.25, 0.3) is 0 Å². The summed E-state index contributed by atoms with van der Waals surface area (Å²) >= 11 is 0. The number of nitrogens with one attached hydrogen (secondary N) is 1.